The van der Waals surface area contributed by atoms with E-state index in [1.165, 1.54) is 12.0 Å². The zero-order chi connectivity index (χ0) is 21.6. The molecule has 0 atom stereocenters. The highest BCUT2D eigenvalue weighted by Crippen LogP contribution is 2.17. The van der Waals surface area contributed by atoms with Gasteiger partial charge in [0.2, 0.25) is 23.5 Å². The van der Waals surface area contributed by atoms with Crippen LogP contribution in [-0.2, 0) is 16.0 Å². The predicted octanol–water partition coefficient (Wildman–Crippen LogP) is 2.13. The highest BCUT2D eigenvalue weighted by Gasteiger charge is 2.25. The van der Waals surface area contributed by atoms with Gasteiger partial charge in [-0.1, -0.05) is 35.0 Å². The molecule has 31 heavy (non-hydrogen) atoms. The lowest BCUT2D eigenvalue weighted by atomic mass is 10.1. The van der Waals surface area contributed by atoms with Crippen LogP contribution >= 0.6 is 0 Å². The average Bonchev–Trinajstić information content (AvgIpc) is 3.28. The van der Waals surface area contributed by atoms with E-state index in [2.05, 4.69) is 15.0 Å². The molecule has 2 fully saturated rings. The first kappa shape index (κ1) is 21.5. The number of piperazine rings is 1. The summed E-state index contributed by atoms with van der Waals surface area (Å²) in [6.07, 6.45) is 4.23. The summed E-state index contributed by atoms with van der Waals surface area (Å²) in [7, 11) is 0. The molecule has 0 spiro atoms. The van der Waals surface area contributed by atoms with Crippen LogP contribution in [0, 0.1) is 6.92 Å². The van der Waals surface area contributed by atoms with E-state index >= 15 is 0 Å². The Bertz CT molecular complexity index is 881. The highest BCUT2D eigenvalue weighted by atomic mass is 16.5. The lowest BCUT2D eigenvalue weighted by Gasteiger charge is -2.36. The third-order valence-electron chi connectivity index (χ3n) is 6.12. The fourth-order valence-electron chi connectivity index (χ4n) is 4.14. The fourth-order valence-corrected chi connectivity index (χ4v) is 4.14. The van der Waals surface area contributed by atoms with Crippen LogP contribution in [-0.4, -0.2) is 82.5 Å². The van der Waals surface area contributed by atoms with Gasteiger partial charge >= 0.3 is 0 Å². The molecular formula is C23H31N5O3. The van der Waals surface area contributed by atoms with Crippen LogP contribution in [0.2, 0.25) is 0 Å². The molecule has 0 N–H and O–H groups in total. The van der Waals surface area contributed by atoms with Crippen molar-refractivity contribution in [3.05, 3.63) is 35.7 Å². The molecule has 1 aromatic heterocycles. The van der Waals surface area contributed by atoms with Crippen molar-refractivity contribution in [3.63, 3.8) is 0 Å². The Hall–Kier alpha value is -2.74. The predicted molar refractivity (Wildman–Crippen MR) is 116 cm³/mol. The van der Waals surface area contributed by atoms with Gasteiger partial charge in [0.25, 0.3) is 0 Å². The molecule has 2 saturated heterocycles. The van der Waals surface area contributed by atoms with E-state index in [4.69, 9.17) is 4.52 Å². The second kappa shape index (κ2) is 10.0. The zero-order valence-corrected chi connectivity index (χ0v) is 18.3. The number of likely N-dealkylation sites (tertiary alicyclic amines) is 1. The third-order valence-corrected chi connectivity index (χ3v) is 6.12. The molecular weight excluding hydrogens is 394 g/mol. The van der Waals surface area contributed by atoms with Crippen LogP contribution in [0.1, 0.15) is 37.1 Å². The van der Waals surface area contributed by atoms with Crippen LogP contribution in [0.15, 0.2) is 28.8 Å². The summed E-state index contributed by atoms with van der Waals surface area (Å²) in [5.74, 6) is 1.35. The van der Waals surface area contributed by atoms with Gasteiger partial charge in [-0.2, -0.15) is 4.98 Å². The Morgan fingerprint density at radius 2 is 1.58 bits per heavy atom. The topological polar surface area (TPSA) is 82.8 Å². The normalized spacial score (nSPS) is 17.7. The molecule has 4 rings (SSSR count). The molecule has 8 nitrogen and oxygen atoms in total. The number of piperidine rings is 1. The summed E-state index contributed by atoms with van der Waals surface area (Å²) in [5, 5.41) is 4.03. The maximum Gasteiger partial charge on any atom is 0.236 e. The molecule has 0 radical (unpaired) electrons. The van der Waals surface area contributed by atoms with Crippen molar-refractivity contribution in [1.82, 2.24) is 24.8 Å². The van der Waals surface area contributed by atoms with Crippen molar-refractivity contribution >= 4 is 11.8 Å². The minimum absolute atomic E-state index is 0.0945. The number of amides is 2. The van der Waals surface area contributed by atoms with E-state index in [1.807, 2.05) is 41.0 Å². The number of rotatable bonds is 6. The largest absolute Gasteiger partial charge is 0.342 e. The van der Waals surface area contributed by atoms with Crippen LogP contribution in [0.4, 0.5) is 0 Å². The Kier molecular flexibility index (Phi) is 6.96. The van der Waals surface area contributed by atoms with Crippen LogP contribution in [0.3, 0.4) is 0 Å². The summed E-state index contributed by atoms with van der Waals surface area (Å²) < 4.78 is 5.32. The molecule has 0 unspecified atom stereocenters. The number of hydrogen-bond donors (Lipinski definition) is 0. The molecule has 2 amide bonds. The van der Waals surface area contributed by atoms with Gasteiger partial charge in [-0.15, -0.1) is 0 Å². The first-order chi connectivity index (χ1) is 15.1. The smallest absolute Gasteiger partial charge is 0.236 e. The second-order valence-electron chi connectivity index (χ2n) is 8.48. The number of aryl methyl sites for hydroxylation is 2. The molecule has 1 aromatic carbocycles. The van der Waals surface area contributed by atoms with E-state index in [1.54, 1.807) is 0 Å². The van der Waals surface area contributed by atoms with Crippen molar-refractivity contribution in [2.75, 3.05) is 45.8 Å². The van der Waals surface area contributed by atoms with E-state index in [0.717, 1.165) is 44.6 Å². The number of hydrogen-bond acceptors (Lipinski definition) is 6. The minimum atomic E-state index is 0.0945. The summed E-state index contributed by atoms with van der Waals surface area (Å²) in [4.78, 5) is 35.5. The molecule has 0 saturated carbocycles. The standard InChI is InChI=1S/C23H31N5O3/c1-18-5-7-19(8-6-18)23-24-20(31-25-23)9-10-21(29)28-15-13-26(14-16-28)17-22(30)27-11-3-2-4-12-27/h5-8H,2-4,9-17H2,1H3. The van der Waals surface area contributed by atoms with Gasteiger partial charge in [-0.25, -0.2) is 0 Å². The fraction of sp³-hybridized carbons (Fsp3) is 0.565. The van der Waals surface area contributed by atoms with Crippen molar-refractivity contribution in [2.45, 2.75) is 39.0 Å². The molecule has 0 aliphatic carbocycles. The molecule has 166 valence electrons. The second-order valence-corrected chi connectivity index (χ2v) is 8.48. The third kappa shape index (κ3) is 5.70. The molecule has 2 aliphatic heterocycles. The van der Waals surface area contributed by atoms with Gasteiger partial charge in [0.05, 0.1) is 6.54 Å². The highest BCUT2D eigenvalue weighted by molar-refractivity contribution is 5.78. The Labute approximate surface area is 183 Å². The van der Waals surface area contributed by atoms with Gasteiger partial charge in [-0.05, 0) is 26.2 Å². The van der Waals surface area contributed by atoms with Gasteiger partial charge < -0.3 is 14.3 Å². The van der Waals surface area contributed by atoms with Gasteiger partial charge in [0.1, 0.15) is 0 Å². The van der Waals surface area contributed by atoms with Gasteiger partial charge in [0, 0.05) is 57.7 Å². The summed E-state index contributed by atoms with van der Waals surface area (Å²) in [6.45, 7) is 7.06. The Morgan fingerprint density at radius 1 is 0.903 bits per heavy atom. The van der Waals surface area contributed by atoms with Gasteiger partial charge in [0.15, 0.2) is 0 Å². The maximum absolute atomic E-state index is 12.6. The lowest BCUT2D eigenvalue weighted by Crippen LogP contribution is -2.52. The number of benzene rings is 1. The molecule has 2 aliphatic rings. The number of aromatic nitrogens is 2. The molecule has 8 heteroatoms. The van der Waals surface area contributed by atoms with Crippen molar-refractivity contribution in [3.8, 4) is 11.4 Å². The number of nitrogens with zero attached hydrogens (tertiary/aromatic N) is 5. The van der Waals surface area contributed by atoms with E-state index < -0.39 is 0 Å². The van der Waals surface area contributed by atoms with Crippen molar-refractivity contribution < 1.29 is 14.1 Å². The minimum Gasteiger partial charge on any atom is -0.342 e. The SMILES string of the molecule is Cc1ccc(-c2noc(CCC(=O)N3CCN(CC(=O)N4CCCCC4)CC3)n2)cc1. The zero-order valence-electron chi connectivity index (χ0n) is 18.3. The van der Waals surface area contributed by atoms with E-state index in [0.29, 0.717) is 44.2 Å². The average molecular weight is 426 g/mol. The first-order valence-corrected chi connectivity index (χ1v) is 11.3. The maximum atomic E-state index is 12.6. The molecule has 2 aromatic rings. The van der Waals surface area contributed by atoms with Crippen LogP contribution < -0.4 is 0 Å². The number of carbonyl (C=O) groups is 2. The summed E-state index contributed by atoms with van der Waals surface area (Å²) >= 11 is 0. The first-order valence-electron chi connectivity index (χ1n) is 11.3. The quantitative estimate of drug-likeness (QED) is 0.705. The van der Waals surface area contributed by atoms with Crippen molar-refractivity contribution in [1.29, 1.82) is 0 Å². The molecule has 0 bridgehead atoms. The number of carbonyl (C=O) groups excluding carboxylic acids is 2. The lowest BCUT2D eigenvalue weighted by molar-refractivity contribution is -0.135. The summed E-state index contributed by atoms with van der Waals surface area (Å²) in [6, 6.07) is 7.94. The van der Waals surface area contributed by atoms with Crippen LogP contribution in [0.25, 0.3) is 11.4 Å². The summed E-state index contributed by atoms with van der Waals surface area (Å²) in [5.41, 5.74) is 2.08. The van der Waals surface area contributed by atoms with E-state index in [9.17, 15) is 9.59 Å². The monoisotopic (exact) mass is 425 g/mol. The van der Waals surface area contributed by atoms with Gasteiger partial charge in [-0.3, -0.25) is 14.5 Å². The van der Waals surface area contributed by atoms with Crippen LogP contribution in [0.5, 0.6) is 0 Å². The van der Waals surface area contributed by atoms with E-state index in [-0.39, 0.29) is 11.8 Å². The van der Waals surface area contributed by atoms with Crippen molar-refractivity contribution in [2.24, 2.45) is 0 Å². The molecule has 3 heterocycles. The Morgan fingerprint density at radius 3 is 2.29 bits per heavy atom. The Balaban J connectivity index is 1.20.